The topological polar surface area (TPSA) is 42.0 Å². The third kappa shape index (κ3) is 3.96. The van der Waals surface area contributed by atoms with E-state index in [4.69, 9.17) is 9.47 Å². The van der Waals surface area contributed by atoms with Gasteiger partial charge in [-0.25, -0.2) is 4.39 Å². The fraction of sp³-hybridized carbons (Fsp3) is 0.350. The molecule has 5 nitrogen and oxygen atoms in total. The maximum atomic E-state index is 13.0. The van der Waals surface area contributed by atoms with Gasteiger partial charge in [-0.3, -0.25) is 9.69 Å². The van der Waals surface area contributed by atoms with Gasteiger partial charge >= 0.3 is 0 Å². The predicted octanol–water partition coefficient (Wildman–Crippen LogP) is 2.80. The molecule has 0 radical (unpaired) electrons. The number of rotatable bonds is 5. The van der Waals surface area contributed by atoms with Crippen molar-refractivity contribution in [3.05, 3.63) is 59.4 Å². The summed E-state index contributed by atoms with van der Waals surface area (Å²) in [5, 5.41) is 0. The Hall–Kier alpha value is -2.60. The van der Waals surface area contributed by atoms with E-state index in [9.17, 15) is 9.18 Å². The second kappa shape index (κ2) is 8.19. The zero-order chi connectivity index (χ0) is 18.5. The van der Waals surface area contributed by atoms with Crippen LogP contribution < -0.4 is 9.47 Å². The number of benzene rings is 2. The van der Waals surface area contributed by atoms with Gasteiger partial charge in [0, 0.05) is 32.7 Å². The second-order valence-corrected chi connectivity index (χ2v) is 6.24. The highest BCUT2D eigenvalue weighted by Crippen LogP contribution is 2.31. The number of nitrogens with zero attached hydrogens (tertiary/aromatic N) is 2. The fourth-order valence-electron chi connectivity index (χ4n) is 3.18. The molecular weight excluding hydrogens is 335 g/mol. The monoisotopic (exact) mass is 358 g/mol. The molecule has 0 bridgehead atoms. The first kappa shape index (κ1) is 18.2. The number of carbonyl (C=O) groups excluding carboxylic acids is 1. The van der Waals surface area contributed by atoms with E-state index >= 15 is 0 Å². The van der Waals surface area contributed by atoms with E-state index in [1.165, 1.54) is 19.2 Å². The molecule has 0 aromatic heterocycles. The molecule has 3 rings (SSSR count). The van der Waals surface area contributed by atoms with Crippen molar-refractivity contribution in [1.29, 1.82) is 0 Å². The Morgan fingerprint density at radius 2 is 1.69 bits per heavy atom. The molecule has 26 heavy (non-hydrogen) atoms. The van der Waals surface area contributed by atoms with Gasteiger partial charge in [0.05, 0.1) is 19.8 Å². The summed E-state index contributed by atoms with van der Waals surface area (Å²) < 4.78 is 23.7. The number of hydrogen-bond acceptors (Lipinski definition) is 4. The van der Waals surface area contributed by atoms with Gasteiger partial charge in [-0.05, 0) is 29.8 Å². The summed E-state index contributed by atoms with van der Waals surface area (Å²) in [6.07, 6.45) is 0. The summed E-state index contributed by atoms with van der Waals surface area (Å²) in [4.78, 5) is 17.0. The Kier molecular flexibility index (Phi) is 5.73. The summed E-state index contributed by atoms with van der Waals surface area (Å²) in [7, 11) is 3.09. The van der Waals surface area contributed by atoms with E-state index in [0.717, 1.165) is 25.2 Å². The van der Waals surface area contributed by atoms with Crippen molar-refractivity contribution in [3.63, 3.8) is 0 Å². The van der Waals surface area contributed by atoms with Crippen LogP contribution in [0.5, 0.6) is 11.5 Å². The van der Waals surface area contributed by atoms with Gasteiger partial charge in [0.1, 0.15) is 5.82 Å². The standard InChI is InChI=1S/C20H23FN2O3/c1-25-18-5-3-4-17(19(18)26-2)20(24)23-12-10-22(11-13-23)14-15-6-8-16(21)9-7-15/h3-9H,10-14H2,1-2H3. The third-order valence-electron chi connectivity index (χ3n) is 4.61. The molecule has 0 unspecified atom stereocenters. The van der Waals surface area contributed by atoms with Crippen LogP contribution >= 0.6 is 0 Å². The van der Waals surface area contributed by atoms with E-state index in [0.29, 0.717) is 30.2 Å². The maximum absolute atomic E-state index is 13.0. The first-order valence-electron chi connectivity index (χ1n) is 8.59. The van der Waals surface area contributed by atoms with Crippen LogP contribution in [0.1, 0.15) is 15.9 Å². The average molecular weight is 358 g/mol. The van der Waals surface area contributed by atoms with Crippen molar-refractivity contribution in [2.75, 3.05) is 40.4 Å². The van der Waals surface area contributed by atoms with E-state index in [1.807, 2.05) is 4.90 Å². The second-order valence-electron chi connectivity index (χ2n) is 6.24. The van der Waals surface area contributed by atoms with Crippen LogP contribution in [-0.4, -0.2) is 56.1 Å². The Bertz CT molecular complexity index is 756. The SMILES string of the molecule is COc1cccc(C(=O)N2CCN(Cc3ccc(F)cc3)CC2)c1OC. The summed E-state index contributed by atoms with van der Waals surface area (Å²) in [5.41, 5.74) is 1.58. The van der Waals surface area contributed by atoms with Gasteiger partial charge in [-0.15, -0.1) is 0 Å². The Labute approximate surface area is 152 Å². The lowest BCUT2D eigenvalue weighted by molar-refractivity contribution is 0.0624. The largest absolute Gasteiger partial charge is 0.493 e. The first-order chi connectivity index (χ1) is 12.6. The molecule has 0 aliphatic carbocycles. The number of ether oxygens (including phenoxy) is 2. The maximum Gasteiger partial charge on any atom is 0.257 e. The van der Waals surface area contributed by atoms with Crippen LogP contribution in [0.2, 0.25) is 0 Å². The van der Waals surface area contributed by atoms with Gasteiger partial charge in [-0.1, -0.05) is 18.2 Å². The lowest BCUT2D eigenvalue weighted by Gasteiger charge is -2.35. The highest BCUT2D eigenvalue weighted by molar-refractivity contribution is 5.97. The molecule has 0 N–H and O–H groups in total. The van der Waals surface area contributed by atoms with Crippen LogP contribution in [0.15, 0.2) is 42.5 Å². The smallest absolute Gasteiger partial charge is 0.257 e. The number of piperazine rings is 1. The molecule has 0 spiro atoms. The van der Waals surface area contributed by atoms with Gasteiger partial charge in [-0.2, -0.15) is 0 Å². The summed E-state index contributed by atoms with van der Waals surface area (Å²) >= 11 is 0. The number of para-hydroxylation sites is 1. The number of halogens is 1. The van der Waals surface area contributed by atoms with Gasteiger partial charge in [0.2, 0.25) is 0 Å². The molecule has 6 heteroatoms. The number of methoxy groups -OCH3 is 2. The molecule has 1 aliphatic rings. The summed E-state index contributed by atoms with van der Waals surface area (Å²) in [6.45, 7) is 3.58. The van der Waals surface area contributed by atoms with Crippen molar-refractivity contribution < 1.29 is 18.7 Å². The normalized spacial score (nSPS) is 15.0. The van der Waals surface area contributed by atoms with Gasteiger partial charge in [0.25, 0.3) is 5.91 Å². The Morgan fingerprint density at radius 1 is 1.00 bits per heavy atom. The Balaban J connectivity index is 1.63. The van der Waals surface area contributed by atoms with Gasteiger partial charge < -0.3 is 14.4 Å². The van der Waals surface area contributed by atoms with Crippen LogP contribution in [0.4, 0.5) is 4.39 Å². The summed E-state index contributed by atoms with van der Waals surface area (Å²) in [6, 6.07) is 11.9. The minimum atomic E-state index is -0.226. The molecule has 1 aliphatic heterocycles. The minimum absolute atomic E-state index is 0.0535. The molecule has 138 valence electrons. The molecule has 2 aromatic carbocycles. The minimum Gasteiger partial charge on any atom is -0.493 e. The quantitative estimate of drug-likeness (QED) is 0.824. The van der Waals surface area contributed by atoms with Crippen molar-refractivity contribution >= 4 is 5.91 Å². The van der Waals surface area contributed by atoms with Crippen molar-refractivity contribution in [2.45, 2.75) is 6.54 Å². The van der Waals surface area contributed by atoms with E-state index < -0.39 is 0 Å². The molecular formula is C20H23FN2O3. The molecule has 2 aromatic rings. The lowest BCUT2D eigenvalue weighted by Crippen LogP contribution is -2.48. The van der Waals surface area contributed by atoms with Crippen LogP contribution in [-0.2, 0) is 6.54 Å². The third-order valence-corrected chi connectivity index (χ3v) is 4.61. The molecule has 1 amide bonds. The number of amides is 1. The van der Waals surface area contributed by atoms with Crippen molar-refractivity contribution in [3.8, 4) is 11.5 Å². The van der Waals surface area contributed by atoms with Crippen LogP contribution in [0.3, 0.4) is 0 Å². The molecule has 0 saturated carbocycles. The highest BCUT2D eigenvalue weighted by atomic mass is 19.1. The van der Waals surface area contributed by atoms with Crippen LogP contribution in [0.25, 0.3) is 0 Å². The van der Waals surface area contributed by atoms with Crippen LogP contribution in [0, 0.1) is 5.82 Å². The highest BCUT2D eigenvalue weighted by Gasteiger charge is 2.25. The zero-order valence-corrected chi connectivity index (χ0v) is 15.1. The van der Waals surface area contributed by atoms with Gasteiger partial charge in [0.15, 0.2) is 11.5 Å². The predicted molar refractivity (Wildman–Crippen MR) is 97.1 cm³/mol. The van der Waals surface area contributed by atoms with Crippen molar-refractivity contribution in [2.24, 2.45) is 0 Å². The first-order valence-corrected chi connectivity index (χ1v) is 8.59. The average Bonchev–Trinajstić information content (AvgIpc) is 2.69. The zero-order valence-electron chi connectivity index (χ0n) is 15.1. The summed E-state index contributed by atoms with van der Waals surface area (Å²) in [5.74, 6) is 0.737. The fourth-order valence-corrected chi connectivity index (χ4v) is 3.18. The number of carbonyl (C=O) groups is 1. The molecule has 1 fully saturated rings. The molecule has 1 saturated heterocycles. The van der Waals surface area contributed by atoms with E-state index in [2.05, 4.69) is 4.90 Å². The molecule has 0 atom stereocenters. The van der Waals surface area contributed by atoms with E-state index in [-0.39, 0.29) is 11.7 Å². The lowest BCUT2D eigenvalue weighted by atomic mass is 10.1. The molecule has 1 heterocycles. The number of hydrogen-bond donors (Lipinski definition) is 0. The Morgan fingerprint density at radius 3 is 2.31 bits per heavy atom. The van der Waals surface area contributed by atoms with Crippen molar-refractivity contribution in [1.82, 2.24) is 9.80 Å². The van der Waals surface area contributed by atoms with E-state index in [1.54, 1.807) is 37.4 Å².